The minimum absolute atomic E-state index is 0.368. The first-order chi connectivity index (χ1) is 7.31. The van der Waals surface area contributed by atoms with Gasteiger partial charge in [0.1, 0.15) is 0 Å². The van der Waals surface area contributed by atoms with Gasteiger partial charge in [-0.1, -0.05) is 29.8 Å². The maximum Gasteiger partial charge on any atom is 0.237 e. The van der Waals surface area contributed by atoms with Crippen LogP contribution in [0.4, 0.5) is 5.95 Å². The maximum atomic E-state index is 6.04. The van der Waals surface area contributed by atoms with Crippen molar-refractivity contribution in [3.8, 4) is 11.3 Å². The Hall–Kier alpha value is -1.65. The molecule has 1 heterocycles. The van der Waals surface area contributed by atoms with Crippen LogP contribution >= 0.6 is 11.6 Å². The van der Waals surface area contributed by atoms with E-state index in [1.54, 1.807) is 12.3 Å². The van der Waals surface area contributed by atoms with E-state index in [2.05, 4.69) is 15.4 Å². The molecule has 1 aromatic carbocycles. The third-order valence-corrected chi connectivity index (χ3v) is 2.26. The highest BCUT2D eigenvalue weighted by Crippen LogP contribution is 2.25. The lowest BCUT2D eigenvalue weighted by molar-refractivity contribution is 1.12. The lowest BCUT2D eigenvalue weighted by Crippen LogP contribution is -2.10. The van der Waals surface area contributed by atoms with E-state index in [-0.39, 0.29) is 0 Å². The van der Waals surface area contributed by atoms with Gasteiger partial charge < -0.3 is 0 Å². The molecule has 4 nitrogen and oxygen atoms in total. The molecule has 5 heteroatoms. The zero-order valence-electron chi connectivity index (χ0n) is 7.81. The molecule has 3 N–H and O–H groups in total. The molecule has 0 amide bonds. The lowest BCUT2D eigenvalue weighted by Gasteiger charge is -2.04. The highest BCUT2D eigenvalue weighted by atomic mass is 35.5. The first-order valence-electron chi connectivity index (χ1n) is 4.36. The first kappa shape index (κ1) is 9.89. The summed E-state index contributed by atoms with van der Waals surface area (Å²) in [7, 11) is 0. The van der Waals surface area contributed by atoms with Gasteiger partial charge in [-0.3, -0.25) is 5.43 Å². The Balaban J connectivity index is 2.49. The van der Waals surface area contributed by atoms with Gasteiger partial charge in [-0.25, -0.2) is 15.8 Å². The standard InChI is InChI=1S/C10H9ClN4/c11-8-4-2-1-3-7(8)9-5-6-13-10(14-9)15-12/h1-6H,12H2,(H,13,14,15). The van der Waals surface area contributed by atoms with E-state index in [1.807, 2.05) is 24.3 Å². The highest BCUT2D eigenvalue weighted by Gasteiger charge is 2.04. The molecule has 0 fully saturated rings. The molecule has 0 atom stereocenters. The molecule has 0 aliphatic heterocycles. The molecule has 0 saturated heterocycles. The van der Waals surface area contributed by atoms with Crippen molar-refractivity contribution in [3.63, 3.8) is 0 Å². The van der Waals surface area contributed by atoms with Crippen LogP contribution in [0.25, 0.3) is 11.3 Å². The zero-order valence-corrected chi connectivity index (χ0v) is 8.57. The summed E-state index contributed by atoms with van der Waals surface area (Å²) >= 11 is 6.04. The summed E-state index contributed by atoms with van der Waals surface area (Å²) in [6.45, 7) is 0. The molecule has 0 bridgehead atoms. The topological polar surface area (TPSA) is 63.8 Å². The van der Waals surface area contributed by atoms with Gasteiger partial charge in [0.2, 0.25) is 5.95 Å². The van der Waals surface area contributed by atoms with Crippen molar-refractivity contribution in [3.05, 3.63) is 41.6 Å². The second kappa shape index (κ2) is 4.25. The smallest absolute Gasteiger partial charge is 0.237 e. The third-order valence-electron chi connectivity index (χ3n) is 1.93. The van der Waals surface area contributed by atoms with Gasteiger partial charge in [0.05, 0.1) is 5.69 Å². The molecule has 76 valence electrons. The lowest BCUT2D eigenvalue weighted by atomic mass is 10.1. The second-order valence-electron chi connectivity index (χ2n) is 2.89. The fraction of sp³-hybridized carbons (Fsp3) is 0. The number of nitrogen functional groups attached to an aromatic ring is 1. The van der Waals surface area contributed by atoms with Crippen LogP contribution in [0.3, 0.4) is 0 Å². The number of hydrazine groups is 1. The second-order valence-corrected chi connectivity index (χ2v) is 3.30. The van der Waals surface area contributed by atoms with E-state index in [0.717, 1.165) is 11.3 Å². The van der Waals surface area contributed by atoms with E-state index >= 15 is 0 Å². The van der Waals surface area contributed by atoms with Gasteiger partial charge in [0.15, 0.2) is 0 Å². The molecule has 0 radical (unpaired) electrons. The van der Waals surface area contributed by atoms with E-state index in [9.17, 15) is 0 Å². The van der Waals surface area contributed by atoms with Crippen molar-refractivity contribution in [1.82, 2.24) is 9.97 Å². The Morgan fingerprint density at radius 3 is 2.73 bits per heavy atom. The molecule has 2 aromatic rings. The number of benzene rings is 1. The van der Waals surface area contributed by atoms with Gasteiger partial charge >= 0.3 is 0 Å². The number of aromatic nitrogens is 2. The number of nitrogens with one attached hydrogen (secondary N) is 1. The normalized spacial score (nSPS) is 10.0. The number of hydrogen-bond acceptors (Lipinski definition) is 4. The Kier molecular flexibility index (Phi) is 2.80. The maximum absolute atomic E-state index is 6.04. The van der Waals surface area contributed by atoms with Crippen LogP contribution in [0.5, 0.6) is 0 Å². The SMILES string of the molecule is NNc1nccc(-c2ccccc2Cl)n1. The molecule has 0 aliphatic rings. The summed E-state index contributed by atoms with van der Waals surface area (Å²) in [5, 5.41) is 0.652. The van der Waals surface area contributed by atoms with Crippen molar-refractivity contribution in [2.45, 2.75) is 0 Å². The average Bonchev–Trinajstić information content (AvgIpc) is 2.30. The molecule has 0 saturated carbocycles. The van der Waals surface area contributed by atoms with Crippen LogP contribution in [0.1, 0.15) is 0 Å². The quantitative estimate of drug-likeness (QED) is 0.601. The van der Waals surface area contributed by atoms with Gasteiger partial charge in [0, 0.05) is 16.8 Å². The molecule has 2 rings (SSSR count). The summed E-state index contributed by atoms with van der Waals surface area (Å²) in [6, 6.07) is 9.26. The zero-order chi connectivity index (χ0) is 10.7. The van der Waals surface area contributed by atoms with Crippen molar-refractivity contribution in [2.24, 2.45) is 5.84 Å². The molecule has 1 aromatic heterocycles. The number of rotatable bonds is 2. The molecular formula is C10H9ClN4. The Bertz CT molecular complexity index is 472. The van der Waals surface area contributed by atoms with Crippen LogP contribution in [-0.4, -0.2) is 9.97 Å². The fourth-order valence-corrected chi connectivity index (χ4v) is 1.48. The van der Waals surface area contributed by atoms with Crippen LogP contribution in [0, 0.1) is 0 Å². The van der Waals surface area contributed by atoms with Crippen LogP contribution in [-0.2, 0) is 0 Å². The summed E-state index contributed by atoms with van der Waals surface area (Å²) in [5.41, 5.74) is 3.99. The van der Waals surface area contributed by atoms with Gasteiger partial charge in [-0.15, -0.1) is 0 Å². The molecular weight excluding hydrogens is 212 g/mol. The predicted octanol–water partition coefficient (Wildman–Crippen LogP) is 2.08. The van der Waals surface area contributed by atoms with Crippen LogP contribution < -0.4 is 11.3 Å². The largest absolute Gasteiger partial charge is 0.292 e. The Morgan fingerprint density at radius 2 is 2.00 bits per heavy atom. The number of nitrogens with two attached hydrogens (primary N) is 1. The van der Waals surface area contributed by atoms with Crippen LogP contribution in [0.15, 0.2) is 36.5 Å². The first-order valence-corrected chi connectivity index (χ1v) is 4.73. The summed E-state index contributed by atoms with van der Waals surface area (Å²) in [5.74, 6) is 5.59. The third kappa shape index (κ3) is 2.06. The monoisotopic (exact) mass is 220 g/mol. The van der Waals surface area contributed by atoms with E-state index in [1.165, 1.54) is 0 Å². The minimum atomic E-state index is 0.368. The van der Waals surface area contributed by atoms with E-state index in [0.29, 0.717) is 11.0 Å². The predicted molar refractivity (Wildman–Crippen MR) is 60.3 cm³/mol. The minimum Gasteiger partial charge on any atom is -0.292 e. The fourth-order valence-electron chi connectivity index (χ4n) is 1.25. The van der Waals surface area contributed by atoms with Gasteiger partial charge in [-0.2, -0.15) is 0 Å². The molecule has 15 heavy (non-hydrogen) atoms. The molecule has 0 aliphatic carbocycles. The van der Waals surface area contributed by atoms with Crippen molar-refractivity contribution >= 4 is 17.5 Å². The van der Waals surface area contributed by atoms with E-state index < -0.39 is 0 Å². The van der Waals surface area contributed by atoms with E-state index in [4.69, 9.17) is 17.4 Å². The number of halogens is 1. The van der Waals surface area contributed by atoms with Gasteiger partial charge in [-0.05, 0) is 12.1 Å². The summed E-state index contributed by atoms with van der Waals surface area (Å²) in [6.07, 6.45) is 1.63. The summed E-state index contributed by atoms with van der Waals surface area (Å²) < 4.78 is 0. The average molecular weight is 221 g/mol. The van der Waals surface area contributed by atoms with Crippen molar-refractivity contribution in [2.75, 3.05) is 5.43 Å². The van der Waals surface area contributed by atoms with Crippen molar-refractivity contribution in [1.29, 1.82) is 0 Å². The molecule has 0 spiro atoms. The highest BCUT2D eigenvalue weighted by molar-refractivity contribution is 6.33. The van der Waals surface area contributed by atoms with Gasteiger partial charge in [0.25, 0.3) is 0 Å². The summed E-state index contributed by atoms with van der Waals surface area (Å²) in [4.78, 5) is 8.11. The number of nitrogens with zero attached hydrogens (tertiary/aromatic N) is 2. The van der Waals surface area contributed by atoms with Crippen molar-refractivity contribution < 1.29 is 0 Å². The van der Waals surface area contributed by atoms with Crippen LogP contribution in [0.2, 0.25) is 5.02 Å². The number of anilines is 1. The molecule has 0 unspecified atom stereocenters. The Labute approximate surface area is 92.1 Å². The number of hydrogen-bond donors (Lipinski definition) is 2. The Morgan fingerprint density at radius 1 is 1.20 bits per heavy atom.